The Labute approximate surface area is 303 Å². The van der Waals surface area contributed by atoms with Crippen LogP contribution in [0.15, 0.2) is 33.5 Å². The van der Waals surface area contributed by atoms with Crippen LogP contribution in [0.5, 0.6) is 11.5 Å². The molecule has 3 fully saturated rings. The molecule has 21 nitrogen and oxygen atoms in total. The van der Waals surface area contributed by atoms with Crippen molar-refractivity contribution in [1.82, 2.24) is 0 Å². The third kappa shape index (κ3) is 7.47. The summed E-state index contributed by atoms with van der Waals surface area (Å²) in [6, 6.07) is 5.05. The summed E-state index contributed by atoms with van der Waals surface area (Å²) in [5.41, 5.74) is -1.52. The molecule has 1 aliphatic carbocycles. The van der Waals surface area contributed by atoms with Gasteiger partial charge in [0.15, 0.2) is 18.3 Å². The van der Waals surface area contributed by atoms with Gasteiger partial charge in [0, 0.05) is 5.56 Å². The van der Waals surface area contributed by atoms with Gasteiger partial charge in [-0.25, -0.2) is 0 Å². The average molecular weight is 775 g/mol. The van der Waals surface area contributed by atoms with Crippen molar-refractivity contribution in [3.63, 3.8) is 0 Å². The summed E-state index contributed by atoms with van der Waals surface area (Å²) in [7, 11) is 0. The number of aliphatic hydroxyl groups is 12. The molecule has 0 amide bonds. The maximum absolute atomic E-state index is 14.2. The lowest BCUT2D eigenvalue weighted by molar-refractivity contribution is -0.318. The van der Waals surface area contributed by atoms with Crippen LogP contribution in [0.25, 0.3) is 23.2 Å². The highest BCUT2D eigenvalue weighted by Gasteiger charge is 2.49. The van der Waals surface area contributed by atoms with Crippen molar-refractivity contribution < 1.29 is 99.2 Å². The standard InChI is InChI=1S/C33H42O21/c1-9-17(37)22(42)25(45)31(49-9)48-8-15-19(39)24(44)27(47)33(52-15)54-30-21(41)16-13(50-28(30)10-2-4-11(35)5-3-10)6-12(36)29(20(16)40)53-32-26(46)23(43)18(38)14(7-34)51-32/h2-6,9,12,14-15,17-19,22-27,29,31-40,42-47H,7-8H2,1H3. The van der Waals surface area contributed by atoms with E-state index in [0.29, 0.717) is 0 Å². The number of fused-ring (bicyclic) bond motifs is 1. The summed E-state index contributed by atoms with van der Waals surface area (Å²) in [4.78, 5) is 14.2. The Balaban J connectivity index is 1.34. The third-order valence-electron chi connectivity index (χ3n) is 9.65. The quantitative estimate of drug-likeness (QED) is 0.113. The van der Waals surface area contributed by atoms with Crippen LogP contribution >= 0.6 is 0 Å². The Morgan fingerprint density at radius 1 is 0.685 bits per heavy atom. The number of benzene rings is 1. The maximum atomic E-state index is 14.2. The van der Waals surface area contributed by atoms with Gasteiger partial charge in [0.05, 0.1) is 19.3 Å². The van der Waals surface area contributed by atoms with Crippen LogP contribution in [-0.4, -0.2) is 184 Å². The highest BCUT2D eigenvalue weighted by Crippen LogP contribution is 2.32. The molecule has 300 valence electrons. The second-order valence-electron chi connectivity index (χ2n) is 13.3. The summed E-state index contributed by atoms with van der Waals surface area (Å²) in [6.07, 6.45) is -28.4. The molecule has 1 aromatic heterocycles. The van der Waals surface area contributed by atoms with Gasteiger partial charge >= 0.3 is 0 Å². The van der Waals surface area contributed by atoms with E-state index in [4.69, 9.17) is 32.8 Å². The molecule has 17 unspecified atom stereocenters. The Kier molecular flexibility index (Phi) is 12.0. The lowest BCUT2D eigenvalue weighted by Gasteiger charge is -2.42. The van der Waals surface area contributed by atoms with Crippen molar-refractivity contribution in [1.29, 1.82) is 0 Å². The van der Waals surface area contributed by atoms with E-state index >= 15 is 0 Å². The number of phenols is 1. The first kappa shape index (κ1) is 40.3. The van der Waals surface area contributed by atoms with Gasteiger partial charge in [0.2, 0.25) is 17.5 Å². The molecule has 54 heavy (non-hydrogen) atoms. The van der Waals surface area contributed by atoms with E-state index in [1.54, 1.807) is 0 Å². The minimum absolute atomic E-state index is 0.0776. The minimum atomic E-state index is -2.05. The molecule has 3 saturated heterocycles. The van der Waals surface area contributed by atoms with Gasteiger partial charge in [0.25, 0.3) is 0 Å². The molecule has 17 atom stereocenters. The van der Waals surface area contributed by atoms with Gasteiger partial charge < -0.3 is 99.2 Å². The van der Waals surface area contributed by atoms with E-state index in [9.17, 15) is 71.2 Å². The number of aromatic hydroxyl groups is 1. The van der Waals surface area contributed by atoms with Crippen molar-refractivity contribution >= 4 is 11.8 Å². The average Bonchev–Trinajstić information content (AvgIpc) is 3.14. The molecule has 21 heteroatoms. The molecule has 2 aromatic rings. The summed E-state index contributed by atoms with van der Waals surface area (Å²) < 4.78 is 39.1. The molecule has 4 aliphatic rings. The minimum Gasteiger partial charge on any atom is -0.508 e. The number of ether oxygens (including phenoxy) is 6. The molecule has 1 aromatic carbocycles. The zero-order chi connectivity index (χ0) is 39.3. The van der Waals surface area contributed by atoms with Gasteiger partial charge in [-0.15, -0.1) is 0 Å². The summed E-state index contributed by atoms with van der Waals surface area (Å²) in [6.45, 7) is -0.0765. The molecular formula is C33H42O21. The van der Waals surface area contributed by atoms with Crippen molar-refractivity contribution in [2.24, 2.45) is 0 Å². The van der Waals surface area contributed by atoms with Crippen LogP contribution in [0, 0.1) is 0 Å². The van der Waals surface area contributed by atoms with Crippen molar-refractivity contribution in [3.05, 3.63) is 45.1 Å². The maximum Gasteiger partial charge on any atom is 0.238 e. The summed E-state index contributed by atoms with van der Waals surface area (Å²) in [5.74, 6) is -2.34. The van der Waals surface area contributed by atoms with Crippen LogP contribution < -0.4 is 20.8 Å². The fraction of sp³-hybridized carbons (Fsp3) is 0.606. The van der Waals surface area contributed by atoms with Gasteiger partial charge in [-0.05, 0) is 37.3 Å². The number of rotatable bonds is 9. The van der Waals surface area contributed by atoms with Crippen LogP contribution in [0.4, 0.5) is 0 Å². The Morgan fingerprint density at radius 2 is 1.26 bits per heavy atom. The van der Waals surface area contributed by atoms with E-state index in [1.165, 1.54) is 31.2 Å². The van der Waals surface area contributed by atoms with Crippen molar-refractivity contribution in [2.45, 2.75) is 111 Å². The molecule has 6 rings (SSSR count). The fourth-order valence-corrected chi connectivity index (χ4v) is 6.43. The summed E-state index contributed by atoms with van der Waals surface area (Å²) in [5, 5.41) is 134. The molecule has 4 heterocycles. The van der Waals surface area contributed by atoms with Gasteiger partial charge in [0.1, 0.15) is 101 Å². The Morgan fingerprint density at radius 3 is 1.91 bits per heavy atom. The topological polar surface area (TPSA) is 349 Å². The predicted molar refractivity (Wildman–Crippen MR) is 172 cm³/mol. The molecule has 3 aliphatic heterocycles. The Bertz CT molecular complexity index is 1800. The number of hydrogen-bond donors (Lipinski definition) is 13. The second-order valence-corrected chi connectivity index (χ2v) is 13.3. The molecule has 0 bridgehead atoms. The monoisotopic (exact) mass is 774 g/mol. The molecule has 0 radical (unpaired) electrons. The Hall–Kier alpha value is -3.33. The molecule has 0 saturated carbocycles. The van der Waals surface area contributed by atoms with E-state index in [0.717, 1.165) is 6.08 Å². The van der Waals surface area contributed by atoms with Crippen molar-refractivity contribution in [2.75, 3.05) is 13.2 Å². The second kappa shape index (κ2) is 16.0. The van der Waals surface area contributed by atoms with E-state index in [-0.39, 0.29) is 11.3 Å². The number of aliphatic hydroxyl groups excluding tert-OH is 12. The first-order valence-electron chi connectivity index (χ1n) is 16.8. The summed E-state index contributed by atoms with van der Waals surface area (Å²) >= 11 is 0. The first-order chi connectivity index (χ1) is 25.5. The van der Waals surface area contributed by atoms with Gasteiger partial charge in [-0.2, -0.15) is 0 Å². The van der Waals surface area contributed by atoms with Gasteiger partial charge in [-0.3, -0.25) is 4.79 Å². The molecule has 0 spiro atoms. The fourth-order valence-electron chi connectivity index (χ4n) is 6.43. The molecule has 13 N–H and O–H groups in total. The number of phenolic OH excluding ortho intramolecular Hbond substituents is 1. The largest absolute Gasteiger partial charge is 0.508 e. The van der Waals surface area contributed by atoms with Gasteiger partial charge in [-0.1, -0.05) is 0 Å². The smallest absolute Gasteiger partial charge is 0.238 e. The van der Waals surface area contributed by atoms with Crippen molar-refractivity contribution in [3.8, 4) is 22.8 Å². The van der Waals surface area contributed by atoms with E-state index in [2.05, 4.69) is 0 Å². The van der Waals surface area contributed by atoms with E-state index in [1.807, 2.05) is 0 Å². The van der Waals surface area contributed by atoms with E-state index < -0.39 is 151 Å². The zero-order valence-electron chi connectivity index (χ0n) is 28.2. The van der Waals surface area contributed by atoms with Crippen LogP contribution in [0.1, 0.15) is 6.92 Å². The molecular weight excluding hydrogens is 732 g/mol. The lowest BCUT2D eigenvalue weighted by atomic mass is 9.98. The SMILES string of the molecule is CC1OC(OCC2OC(Oc3c(-c4ccc(O)cc4)oc4c(c3=O)=C(O)C(OC3OC(CO)C(O)C(O)C3O)C(O)C=4)C(O)C(O)C2O)C(O)C(O)C1O. The van der Waals surface area contributed by atoms with Crippen LogP contribution in [-0.2, 0) is 23.7 Å². The van der Waals surface area contributed by atoms with Crippen LogP contribution in [0.2, 0.25) is 0 Å². The predicted octanol–water partition coefficient (Wildman–Crippen LogP) is -6.95. The van der Waals surface area contributed by atoms with Crippen LogP contribution in [0.3, 0.4) is 0 Å². The third-order valence-corrected chi connectivity index (χ3v) is 9.65. The number of hydrogen-bond acceptors (Lipinski definition) is 21. The first-order valence-corrected chi connectivity index (χ1v) is 16.8. The highest BCUT2D eigenvalue weighted by atomic mass is 16.7. The normalized spacial score (nSPS) is 41.2. The highest BCUT2D eigenvalue weighted by molar-refractivity contribution is 5.66. The zero-order valence-corrected chi connectivity index (χ0v) is 28.2. The lowest BCUT2D eigenvalue weighted by Crippen LogP contribution is -2.62.